The second-order valence-corrected chi connectivity index (χ2v) is 7.13. The zero-order valence-corrected chi connectivity index (χ0v) is 16.8. The Morgan fingerprint density at radius 2 is 1.93 bits per heavy atom. The van der Waals surface area contributed by atoms with Crippen molar-refractivity contribution in [1.29, 1.82) is 0 Å². The van der Waals surface area contributed by atoms with Gasteiger partial charge < -0.3 is 10.6 Å². The third-order valence-electron chi connectivity index (χ3n) is 4.12. The van der Waals surface area contributed by atoms with Crippen molar-refractivity contribution in [3.05, 3.63) is 58.0 Å². The van der Waals surface area contributed by atoms with Crippen molar-refractivity contribution < 1.29 is 14.0 Å². The maximum atomic E-state index is 13.0. The Bertz CT molecular complexity index is 937. The molecule has 1 aliphatic rings. The first-order valence-electron chi connectivity index (χ1n) is 8.88. The molecule has 0 bridgehead atoms. The van der Waals surface area contributed by atoms with Crippen molar-refractivity contribution in [2.75, 3.05) is 18.4 Å². The Morgan fingerprint density at radius 1 is 1.17 bits per heavy atom. The Balaban J connectivity index is 1.52. The Hall–Kier alpha value is -2.71. The zero-order valence-electron chi connectivity index (χ0n) is 15.3. The third-order valence-corrected chi connectivity index (χ3v) is 4.62. The highest BCUT2D eigenvalue weighted by atomic mass is 35.5. The first-order valence-corrected chi connectivity index (χ1v) is 9.63. The maximum Gasteiger partial charge on any atom is 0.267 e. The van der Waals surface area contributed by atoms with E-state index in [0.717, 1.165) is 5.56 Å². The quantitative estimate of drug-likeness (QED) is 0.650. The molecular weight excluding hydrogens is 420 g/mol. The van der Waals surface area contributed by atoms with Crippen LogP contribution in [-0.4, -0.2) is 40.6 Å². The molecule has 0 spiro atoms. The number of amides is 2. The van der Waals surface area contributed by atoms with Gasteiger partial charge in [-0.2, -0.15) is 5.10 Å². The predicted molar refractivity (Wildman–Crippen MR) is 109 cm³/mol. The Kier molecular flexibility index (Phi) is 7.00. The minimum absolute atomic E-state index is 0.179. The number of pyridine rings is 1. The van der Waals surface area contributed by atoms with Gasteiger partial charge in [-0.05, 0) is 23.8 Å². The van der Waals surface area contributed by atoms with Gasteiger partial charge in [0.05, 0.1) is 16.6 Å². The van der Waals surface area contributed by atoms with Crippen LogP contribution in [0.3, 0.4) is 0 Å². The fraction of sp³-hybridized carbons (Fsp3) is 0.263. The van der Waals surface area contributed by atoms with Crippen LogP contribution in [-0.2, 0) is 16.1 Å². The third kappa shape index (κ3) is 5.88. The van der Waals surface area contributed by atoms with Crippen molar-refractivity contribution in [3.8, 4) is 0 Å². The monoisotopic (exact) mass is 437 g/mol. The highest BCUT2D eigenvalue weighted by Gasteiger charge is 2.24. The number of halogens is 3. The van der Waals surface area contributed by atoms with Crippen molar-refractivity contribution >= 4 is 46.5 Å². The fourth-order valence-electron chi connectivity index (χ4n) is 2.65. The molecule has 1 aromatic heterocycles. The van der Waals surface area contributed by atoms with Gasteiger partial charge >= 0.3 is 0 Å². The maximum absolute atomic E-state index is 13.0. The number of hydrogen-bond acceptors (Lipinski definition) is 5. The molecule has 10 heteroatoms. The molecule has 152 valence electrons. The molecule has 29 heavy (non-hydrogen) atoms. The van der Waals surface area contributed by atoms with Crippen LogP contribution in [0.4, 0.5) is 10.2 Å². The van der Waals surface area contributed by atoms with E-state index in [2.05, 4.69) is 20.7 Å². The molecule has 2 N–H and O–H groups in total. The van der Waals surface area contributed by atoms with E-state index < -0.39 is 0 Å². The van der Waals surface area contributed by atoms with Crippen LogP contribution >= 0.6 is 23.2 Å². The fourth-order valence-corrected chi connectivity index (χ4v) is 3.10. The summed E-state index contributed by atoms with van der Waals surface area (Å²) in [4.78, 5) is 28.5. The van der Waals surface area contributed by atoms with Gasteiger partial charge in [0.25, 0.3) is 5.91 Å². The summed E-state index contributed by atoms with van der Waals surface area (Å²) in [6, 6.07) is 7.36. The van der Waals surface area contributed by atoms with E-state index in [1.165, 1.54) is 23.3 Å². The molecular formula is C19H18Cl2FN5O2. The van der Waals surface area contributed by atoms with Crippen LogP contribution in [0.15, 0.2) is 41.6 Å². The van der Waals surface area contributed by atoms with Crippen molar-refractivity contribution in [3.63, 3.8) is 0 Å². The number of hydrogen-bond donors (Lipinski definition) is 2. The standard InChI is InChI=1S/C19H18Cl2FN5O2/c20-13-9-15(21)18(25-10-13)23-7-8-24-19(29)16-5-6-17(28)27(26-16)11-12-1-3-14(22)4-2-12/h1-4,9-10H,5-8,11H2,(H,23,25)(H,24,29). The van der Waals surface area contributed by atoms with E-state index in [0.29, 0.717) is 29.0 Å². The number of carbonyl (C=O) groups excluding carboxylic acids is 2. The van der Waals surface area contributed by atoms with Crippen LogP contribution < -0.4 is 10.6 Å². The number of anilines is 1. The second kappa shape index (κ2) is 9.67. The molecule has 3 rings (SSSR count). The van der Waals surface area contributed by atoms with Gasteiger partial charge in [0, 0.05) is 32.1 Å². The molecule has 0 saturated carbocycles. The lowest BCUT2D eigenvalue weighted by Crippen LogP contribution is -2.40. The topological polar surface area (TPSA) is 86.7 Å². The molecule has 0 unspecified atom stereocenters. The van der Waals surface area contributed by atoms with Gasteiger partial charge in [-0.1, -0.05) is 35.3 Å². The number of aromatic nitrogens is 1. The lowest BCUT2D eigenvalue weighted by Gasteiger charge is -2.23. The largest absolute Gasteiger partial charge is 0.367 e. The van der Waals surface area contributed by atoms with Gasteiger partial charge in [-0.15, -0.1) is 0 Å². The van der Waals surface area contributed by atoms with Crippen LogP contribution in [0.2, 0.25) is 10.0 Å². The molecule has 1 aliphatic heterocycles. The summed E-state index contributed by atoms with van der Waals surface area (Å²) in [7, 11) is 0. The summed E-state index contributed by atoms with van der Waals surface area (Å²) in [6.45, 7) is 0.883. The van der Waals surface area contributed by atoms with Crippen LogP contribution in [0.5, 0.6) is 0 Å². The SMILES string of the molecule is O=C(NCCNc1ncc(Cl)cc1Cl)C1=NN(Cc2ccc(F)cc2)C(=O)CC1. The van der Waals surface area contributed by atoms with Crippen LogP contribution in [0.25, 0.3) is 0 Å². The van der Waals surface area contributed by atoms with Gasteiger partial charge in [-0.3, -0.25) is 9.59 Å². The highest BCUT2D eigenvalue weighted by molar-refractivity contribution is 6.39. The molecule has 0 saturated heterocycles. The average molecular weight is 438 g/mol. The summed E-state index contributed by atoms with van der Waals surface area (Å²) >= 11 is 11.8. The number of carbonyl (C=O) groups is 2. The molecule has 2 aromatic rings. The average Bonchev–Trinajstić information content (AvgIpc) is 2.69. The van der Waals surface area contributed by atoms with Crippen molar-refractivity contribution in [2.24, 2.45) is 5.10 Å². The lowest BCUT2D eigenvalue weighted by molar-refractivity contribution is -0.132. The van der Waals surface area contributed by atoms with Crippen LogP contribution in [0, 0.1) is 5.82 Å². The minimum atomic E-state index is -0.356. The summed E-state index contributed by atoms with van der Waals surface area (Å²) in [6.07, 6.45) is 1.93. The van der Waals surface area contributed by atoms with E-state index in [-0.39, 0.29) is 42.7 Å². The predicted octanol–water partition coefficient (Wildman–Crippen LogP) is 3.23. The molecule has 0 radical (unpaired) electrons. The molecule has 0 fully saturated rings. The van der Waals surface area contributed by atoms with E-state index in [1.54, 1.807) is 18.2 Å². The molecule has 0 aliphatic carbocycles. The molecule has 2 amide bonds. The summed E-state index contributed by atoms with van der Waals surface area (Å²) in [5.41, 5.74) is 0.996. The van der Waals surface area contributed by atoms with Gasteiger partial charge in [-0.25, -0.2) is 14.4 Å². The Morgan fingerprint density at radius 3 is 2.66 bits per heavy atom. The van der Waals surface area contributed by atoms with E-state index >= 15 is 0 Å². The summed E-state index contributed by atoms with van der Waals surface area (Å²) in [5, 5.41) is 12.0. The molecule has 1 aromatic carbocycles. The van der Waals surface area contributed by atoms with E-state index in [1.807, 2.05) is 0 Å². The number of hydrazone groups is 1. The number of nitrogens with one attached hydrogen (secondary N) is 2. The number of nitrogens with zero attached hydrogens (tertiary/aromatic N) is 3. The van der Waals surface area contributed by atoms with Crippen LogP contribution in [0.1, 0.15) is 18.4 Å². The second-order valence-electron chi connectivity index (χ2n) is 6.29. The Labute approximate surface area is 176 Å². The number of benzene rings is 1. The normalized spacial score (nSPS) is 13.8. The van der Waals surface area contributed by atoms with E-state index in [4.69, 9.17) is 23.2 Å². The van der Waals surface area contributed by atoms with E-state index in [9.17, 15) is 14.0 Å². The van der Waals surface area contributed by atoms with Crippen molar-refractivity contribution in [2.45, 2.75) is 19.4 Å². The molecule has 0 atom stereocenters. The van der Waals surface area contributed by atoms with Gasteiger partial charge in [0.1, 0.15) is 17.3 Å². The van der Waals surface area contributed by atoms with Gasteiger partial charge in [0.2, 0.25) is 5.91 Å². The first-order chi connectivity index (χ1) is 13.9. The minimum Gasteiger partial charge on any atom is -0.367 e. The number of rotatable bonds is 7. The highest BCUT2D eigenvalue weighted by Crippen LogP contribution is 2.22. The first kappa shape index (κ1) is 21.0. The zero-order chi connectivity index (χ0) is 20.8. The lowest BCUT2D eigenvalue weighted by atomic mass is 10.1. The summed E-state index contributed by atoms with van der Waals surface area (Å²) in [5.74, 6) is -0.419. The van der Waals surface area contributed by atoms with Gasteiger partial charge in [0.15, 0.2) is 0 Å². The van der Waals surface area contributed by atoms with Crippen molar-refractivity contribution in [1.82, 2.24) is 15.3 Å². The smallest absolute Gasteiger partial charge is 0.267 e. The molecule has 2 heterocycles. The summed E-state index contributed by atoms with van der Waals surface area (Å²) < 4.78 is 13.0. The molecule has 7 nitrogen and oxygen atoms in total.